The maximum absolute atomic E-state index is 9.28. The van der Waals surface area contributed by atoms with E-state index < -0.39 is 0 Å². The highest BCUT2D eigenvalue weighted by molar-refractivity contribution is 5.42. The molecule has 1 spiro atoms. The van der Waals surface area contributed by atoms with Gasteiger partial charge in [-0.1, -0.05) is 18.2 Å². The number of rotatable bonds is 0. The summed E-state index contributed by atoms with van der Waals surface area (Å²) in [6.45, 7) is 0. The molecule has 0 amide bonds. The van der Waals surface area contributed by atoms with E-state index in [4.69, 9.17) is 4.74 Å². The third-order valence-corrected chi connectivity index (χ3v) is 3.87. The Hall–Kier alpha value is -1.49. The van der Waals surface area contributed by atoms with Crippen LogP contribution in [0.25, 0.3) is 0 Å². The summed E-state index contributed by atoms with van der Waals surface area (Å²) in [6.07, 6.45) is 5.57. The van der Waals surface area contributed by atoms with Crippen LogP contribution in [0.5, 0.6) is 5.75 Å². The Kier molecular flexibility index (Phi) is 2.14. The van der Waals surface area contributed by atoms with E-state index in [1.165, 1.54) is 12.8 Å². The topological polar surface area (TPSA) is 33.0 Å². The summed E-state index contributed by atoms with van der Waals surface area (Å²) < 4.78 is 6.16. The largest absolute Gasteiger partial charge is 0.487 e. The van der Waals surface area contributed by atoms with Crippen LogP contribution in [0.3, 0.4) is 0 Å². The van der Waals surface area contributed by atoms with Crippen molar-refractivity contribution in [2.45, 2.75) is 43.6 Å². The lowest BCUT2D eigenvalue weighted by Crippen LogP contribution is -2.38. The van der Waals surface area contributed by atoms with Gasteiger partial charge in [0.15, 0.2) is 0 Å². The minimum Gasteiger partial charge on any atom is -0.487 e. The minimum atomic E-state index is -0.0330. The first-order valence-corrected chi connectivity index (χ1v) is 6.01. The van der Waals surface area contributed by atoms with Gasteiger partial charge in [-0.05, 0) is 31.7 Å². The maximum Gasteiger partial charge on any atom is 0.124 e. The Labute approximate surface area is 95.8 Å². The Morgan fingerprint density at radius 1 is 1.25 bits per heavy atom. The fraction of sp³-hybridized carbons (Fsp3) is 0.500. The molecule has 0 saturated heterocycles. The van der Waals surface area contributed by atoms with Gasteiger partial charge in [0.1, 0.15) is 11.4 Å². The summed E-state index contributed by atoms with van der Waals surface area (Å²) in [6, 6.07) is 10.4. The van der Waals surface area contributed by atoms with Crippen LogP contribution in [-0.2, 0) is 0 Å². The molecular formula is C14H15NO. The number of nitriles is 1. The van der Waals surface area contributed by atoms with Crippen molar-refractivity contribution in [2.75, 3.05) is 0 Å². The van der Waals surface area contributed by atoms with E-state index >= 15 is 0 Å². The lowest BCUT2D eigenvalue weighted by molar-refractivity contribution is 0.0485. The van der Waals surface area contributed by atoms with Crippen molar-refractivity contribution in [1.29, 1.82) is 5.26 Å². The van der Waals surface area contributed by atoms with Crippen LogP contribution < -0.4 is 4.74 Å². The minimum absolute atomic E-state index is 0.0167. The van der Waals surface area contributed by atoms with Gasteiger partial charge < -0.3 is 4.74 Å². The van der Waals surface area contributed by atoms with Gasteiger partial charge in [-0.2, -0.15) is 5.26 Å². The van der Waals surface area contributed by atoms with Crippen LogP contribution in [-0.4, -0.2) is 5.60 Å². The van der Waals surface area contributed by atoms with E-state index in [1.54, 1.807) is 0 Å². The van der Waals surface area contributed by atoms with Crippen molar-refractivity contribution >= 4 is 0 Å². The molecule has 2 nitrogen and oxygen atoms in total. The summed E-state index contributed by atoms with van der Waals surface area (Å²) in [5.74, 6) is 0.949. The predicted molar refractivity (Wildman–Crippen MR) is 61.2 cm³/mol. The maximum atomic E-state index is 9.28. The molecule has 1 heterocycles. The number of para-hydroxylation sites is 1. The van der Waals surface area contributed by atoms with E-state index in [9.17, 15) is 5.26 Å². The molecule has 1 saturated carbocycles. The van der Waals surface area contributed by atoms with Crippen LogP contribution in [0.2, 0.25) is 0 Å². The molecule has 1 aromatic rings. The van der Waals surface area contributed by atoms with Crippen LogP contribution in [0.1, 0.15) is 43.6 Å². The molecule has 1 unspecified atom stereocenters. The fourth-order valence-electron chi connectivity index (χ4n) is 3.06. The highest BCUT2D eigenvalue weighted by atomic mass is 16.5. The third kappa shape index (κ3) is 1.39. The van der Waals surface area contributed by atoms with Gasteiger partial charge in [-0.3, -0.25) is 0 Å². The molecule has 2 aliphatic rings. The smallest absolute Gasteiger partial charge is 0.124 e. The zero-order valence-corrected chi connectivity index (χ0v) is 9.28. The molecule has 3 rings (SSSR count). The Morgan fingerprint density at radius 3 is 2.75 bits per heavy atom. The number of nitrogens with zero attached hydrogens (tertiary/aromatic N) is 1. The quantitative estimate of drug-likeness (QED) is 0.661. The van der Waals surface area contributed by atoms with E-state index in [1.807, 2.05) is 24.3 Å². The van der Waals surface area contributed by atoms with Crippen molar-refractivity contribution < 1.29 is 4.74 Å². The van der Waals surface area contributed by atoms with Crippen molar-refractivity contribution in [3.63, 3.8) is 0 Å². The van der Waals surface area contributed by atoms with Gasteiger partial charge in [0, 0.05) is 12.0 Å². The first-order valence-electron chi connectivity index (χ1n) is 6.01. The van der Waals surface area contributed by atoms with Gasteiger partial charge in [-0.15, -0.1) is 0 Å². The Bertz CT molecular complexity index is 440. The second kappa shape index (κ2) is 3.52. The van der Waals surface area contributed by atoms with Crippen LogP contribution >= 0.6 is 0 Å². The SMILES string of the molecule is N#CC1CC2(CCCC2)Oc2ccccc21. The average molecular weight is 213 g/mol. The van der Waals surface area contributed by atoms with Crippen LogP contribution in [0, 0.1) is 11.3 Å². The molecule has 2 heteroatoms. The molecule has 1 aliphatic heterocycles. The van der Waals surface area contributed by atoms with Crippen molar-refractivity contribution in [3.8, 4) is 11.8 Å². The van der Waals surface area contributed by atoms with Crippen molar-refractivity contribution in [1.82, 2.24) is 0 Å². The molecule has 0 radical (unpaired) electrons. The average Bonchev–Trinajstić information content (AvgIpc) is 2.76. The number of ether oxygens (including phenoxy) is 1. The van der Waals surface area contributed by atoms with Gasteiger partial charge in [-0.25, -0.2) is 0 Å². The van der Waals surface area contributed by atoms with Crippen LogP contribution in [0.4, 0.5) is 0 Å². The number of hydrogen-bond acceptors (Lipinski definition) is 2. The summed E-state index contributed by atoms with van der Waals surface area (Å²) in [5.41, 5.74) is 1.04. The van der Waals surface area contributed by atoms with E-state index in [2.05, 4.69) is 6.07 Å². The zero-order valence-electron chi connectivity index (χ0n) is 9.28. The first-order chi connectivity index (χ1) is 7.83. The Balaban J connectivity index is 2.02. The molecule has 1 aromatic carbocycles. The molecule has 1 atom stereocenters. The van der Waals surface area contributed by atoms with E-state index in [0.717, 1.165) is 30.6 Å². The van der Waals surface area contributed by atoms with Gasteiger partial charge in [0.25, 0.3) is 0 Å². The number of benzene rings is 1. The van der Waals surface area contributed by atoms with Gasteiger partial charge in [0.05, 0.1) is 12.0 Å². The summed E-state index contributed by atoms with van der Waals surface area (Å²) in [4.78, 5) is 0. The van der Waals surface area contributed by atoms with Crippen LogP contribution in [0.15, 0.2) is 24.3 Å². The summed E-state index contributed by atoms with van der Waals surface area (Å²) >= 11 is 0. The summed E-state index contributed by atoms with van der Waals surface area (Å²) in [5, 5.41) is 9.28. The van der Waals surface area contributed by atoms with E-state index in [-0.39, 0.29) is 11.5 Å². The first kappa shape index (κ1) is 9.72. The molecule has 1 aliphatic carbocycles. The lowest BCUT2D eigenvalue weighted by atomic mass is 9.82. The molecule has 0 N–H and O–H groups in total. The zero-order chi connectivity index (χ0) is 11.0. The molecule has 16 heavy (non-hydrogen) atoms. The summed E-state index contributed by atoms with van der Waals surface area (Å²) in [7, 11) is 0. The molecular weight excluding hydrogens is 198 g/mol. The highest BCUT2D eigenvalue weighted by Gasteiger charge is 2.42. The molecule has 0 bridgehead atoms. The second-order valence-electron chi connectivity index (χ2n) is 4.92. The lowest BCUT2D eigenvalue weighted by Gasteiger charge is -2.37. The molecule has 1 fully saturated rings. The van der Waals surface area contributed by atoms with Crippen molar-refractivity contribution in [3.05, 3.63) is 29.8 Å². The number of hydrogen-bond donors (Lipinski definition) is 0. The normalized spacial score (nSPS) is 25.8. The Morgan fingerprint density at radius 2 is 2.00 bits per heavy atom. The second-order valence-corrected chi connectivity index (χ2v) is 4.92. The standard InChI is InChI=1S/C14H15NO/c15-10-11-9-14(7-3-4-8-14)16-13-6-2-1-5-12(11)13/h1-2,5-6,11H,3-4,7-9H2. The predicted octanol–water partition coefficient (Wildman–Crippen LogP) is 3.39. The van der Waals surface area contributed by atoms with Gasteiger partial charge >= 0.3 is 0 Å². The molecule has 82 valence electrons. The fourth-order valence-corrected chi connectivity index (χ4v) is 3.06. The number of fused-ring (bicyclic) bond motifs is 1. The van der Waals surface area contributed by atoms with Gasteiger partial charge in [0.2, 0.25) is 0 Å². The van der Waals surface area contributed by atoms with E-state index in [0.29, 0.717) is 0 Å². The monoisotopic (exact) mass is 213 g/mol. The van der Waals surface area contributed by atoms with Crippen molar-refractivity contribution in [2.24, 2.45) is 0 Å². The molecule has 0 aromatic heterocycles. The highest BCUT2D eigenvalue weighted by Crippen LogP contribution is 2.47. The third-order valence-electron chi connectivity index (χ3n) is 3.87.